The molecule has 2 heterocycles. The normalized spacial score (nSPS) is 24.0. The third kappa shape index (κ3) is 2.23. The lowest BCUT2D eigenvalue weighted by Gasteiger charge is -2.35. The summed E-state index contributed by atoms with van der Waals surface area (Å²) in [6.45, 7) is 4.09. The fourth-order valence-electron chi connectivity index (χ4n) is 2.27. The largest absolute Gasteiger partial charge is 0.480 e. The number of rotatable bonds is 2. The van der Waals surface area contributed by atoms with E-state index in [2.05, 4.69) is 4.98 Å². The molecular formula is C12H16N2O4. The number of amides is 1. The third-order valence-corrected chi connectivity index (χ3v) is 3.36. The number of nitrogens with zero attached hydrogens (tertiary/aromatic N) is 2. The van der Waals surface area contributed by atoms with Crippen LogP contribution in [0.5, 0.6) is 0 Å². The molecule has 0 saturated carbocycles. The van der Waals surface area contributed by atoms with Gasteiger partial charge in [0.25, 0.3) is 5.91 Å². The van der Waals surface area contributed by atoms with Crippen LogP contribution >= 0.6 is 0 Å². The molecule has 2 unspecified atom stereocenters. The molecule has 1 aliphatic heterocycles. The Labute approximate surface area is 105 Å². The van der Waals surface area contributed by atoms with Crippen LogP contribution in [0.25, 0.3) is 0 Å². The molecule has 98 valence electrons. The first-order valence-electron chi connectivity index (χ1n) is 5.94. The minimum atomic E-state index is -0.962. The molecule has 1 fully saturated rings. The molecule has 0 aromatic carbocycles. The molecule has 2 rings (SSSR count). The summed E-state index contributed by atoms with van der Waals surface area (Å²) in [7, 11) is 0. The molecule has 1 aromatic rings. The first kappa shape index (κ1) is 12.6. The molecule has 1 aromatic heterocycles. The topological polar surface area (TPSA) is 83.6 Å². The Kier molecular flexibility index (Phi) is 3.36. The van der Waals surface area contributed by atoms with Crippen molar-refractivity contribution in [3.63, 3.8) is 0 Å². The molecule has 18 heavy (non-hydrogen) atoms. The molecule has 6 nitrogen and oxygen atoms in total. The molecule has 1 aliphatic rings. The van der Waals surface area contributed by atoms with Gasteiger partial charge in [-0.3, -0.25) is 4.79 Å². The molecule has 1 amide bonds. The van der Waals surface area contributed by atoms with E-state index in [4.69, 9.17) is 4.42 Å². The Hall–Kier alpha value is -1.85. The summed E-state index contributed by atoms with van der Waals surface area (Å²) in [4.78, 5) is 28.7. The number of oxazole rings is 1. The molecule has 2 atom stereocenters. The van der Waals surface area contributed by atoms with Crippen LogP contribution in [-0.4, -0.2) is 39.5 Å². The van der Waals surface area contributed by atoms with E-state index in [0.29, 0.717) is 24.6 Å². The van der Waals surface area contributed by atoms with Crippen LogP contribution in [0, 0.1) is 12.8 Å². The highest BCUT2D eigenvalue weighted by Gasteiger charge is 2.36. The number of carbonyl (C=O) groups excluding carboxylic acids is 1. The number of likely N-dealkylation sites (tertiary alicyclic amines) is 1. The summed E-state index contributed by atoms with van der Waals surface area (Å²) in [5.41, 5.74) is 0.204. The highest BCUT2D eigenvalue weighted by Crippen LogP contribution is 2.24. The average molecular weight is 252 g/mol. The second kappa shape index (κ2) is 4.80. The maximum atomic E-state index is 12.2. The molecule has 0 aliphatic carbocycles. The van der Waals surface area contributed by atoms with Crippen molar-refractivity contribution in [3.05, 3.63) is 17.8 Å². The Morgan fingerprint density at radius 2 is 2.28 bits per heavy atom. The van der Waals surface area contributed by atoms with Crippen molar-refractivity contribution in [2.45, 2.75) is 32.7 Å². The van der Waals surface area contributed by atoms with Crippen molar-refractivity contribution in [3.8, 4) is 0 Å². The van der Waals surface area contributed by atoms with Gasteiger partial charge in [0.15, 0.2) is 12.1 Å². The fraction of sp³-hybridized carbons (Fsp3) is 0.583. The summed E-state index contributed by atoms with van der Waals surface area (Å²) in [5, 5.41) is 9.20. The molecule has 1 N–H and O–H groups in total. The summed E-state index contributed by atoms with van der Waals surface area (Å²) >= 11 is 0. The maximum absolute atomic E-state index is 12.2. The average Bonchev–Trinajstić information content (AvgIpc) is 2.74. The Morgan fingerprint density at radius 3 is 2.83 bits per heavy atom. The van der Waals surface area contributed by atoms with Gasteiger partial charge in [0, 0.05) is 6.54 Å². The van der Waals surface area contributed by atoms with Crippen LogP contribution < -0.4 is 0 Å². The van der Waals surface area contributed by atoms with Crippen LogP contribution in [0.2, 0.25) is 0 Å². The number of hydrogen-bond acceptors (Lipinski definition) is 4. The zero-order valence-corrected chi connectivity index (χ0v) is 10.4. The van der Waals surface area contributed by atoms with Crippen molar-refractivity contribution in [2.24, 2.45) is 5.92 Å². The number of carboxylic acids is 1. The third-order valence-electron chi connectivity index (χ3n) is 3.36. The summed E-state index contributed by atoms with van der Waals surface area (Å²) < 4.78 is 4.99. The maximum Gasteiger partial charge on any atom is 0.326 e. The SMILES string of the molecule is Cc1ocnc1C(=O)N1CCC(C)CC1C(=O)O. The van der Waals surface area contributed by atoms with Crippen molar-refractivity contribution >= 4 is 11.9 Å². The van der Waals surface area contributed by atoms with Crippen LogP contribution in [0.15, 0.2) is 10.8 Å². The number of carbonyl (C=O) groups is 2. The van der Waals surface area contributed by atoms with Gasteiger partial charge in [-0.1, -0.05) is 6.92 Å². The molecule has 1 saturated heterocycles. The van der Waals surface area contributed by atoms with Gasteiger partial charge in [-0.2, -0.15) is 0 Å². The van der Waals surface area contributed by atoms with Crippen LogP contribution in [0.1, 0.15) is 36.0 Å². The van der Waals surface area contributed by atoms with Gasteiger partial charge in [-0.05, 0) is 25.7 Å². The van der Waals surface area contributed by atoms with E-state index in [1.54, 1.807) is 6.92 Å². The minimum absolute atomic E-state index is 0.204. The predicted molar refractivity (Wildman–Crippen MR) is 62.1 cm³/mol. The van der Waals surface area contributed by atoms with E-state index >= 15 is 0 Å². The quantitative estimate of drug-likeness (QED) is 0.857. The number of carboxylic acid groups (broad SMARTS) is 1. The van der Waals surface area contributed by atoms with Gasteiger partial charge in [-0.15, -0.1) is 0 Å². The van der Waals surface area contributed by atoms with Gasteiger partial charge >= 0.3 is 5.97 Å². The molecular weight excluding hydrogens is 236 g/mol. The van der Waals surface area contributed by atoms with E-state index in [9.17, 15) is 14.7 Å². The Bertz CT molecular complexity index is 468. The highest BCUT2D eigenvalue weighted by molar-refractivity contribution is 5.95. The van der Waals surface area contributed by atoms with E-state index < -0.39 is 12.0 Å². The van der Waals surface area contributed by atoms with Gasteiger partial charge in [-0.25, -0.2) is 9.78 Å². The number of piperidine rings is 1. The van der Waals surface area contributed by atoms with E-state index in [-0.39, 0.29) is 11.6 Å². The highest BCUT2D eigenvalue weighted by atomic mass is 16.4. The summed E-state index contributed by atoms with van der Waals surface area (Å²) in [6.07, 6.45) is 2.50. The Morgan fingerprint density at radius 1 is 1.56 bits per heavy atom. The van der Waals surface area contributed by atoms with E-state index in [1.807, 2.05) is 6.92 Å². The summed E-state index contributed by atoms with van der Waals surface area (Å²) in [5.74, 6) is -0.590. The zero-order chi connectivity index (χ0) is 13.3. The minimum Gasteiger partial charge on any atom is -0.480 e. The number of aliphatic carboxylic acids is 1. The Balaban J connectivity index is 2.23. The number of aryl methyl sites for hydroxylation is 1. The van der Waals surface area contributed by atoms with Gasteiger partial charge in [0.1, 0.15) is 11.8 Å². The van der Waals surface area contributed by atoms with Crippen molar-refractivity contribution in [1.82, 2.24) is 9.88 Å². The van der Waals surface area contributed by atoms with E-state index in [0.717, 1.165) is 6.42 Å². The molecule has 0 bridgehead atoms. The first-order valence-corrected chi connectivity index (χ1v) is 5.94. The van der Waals surface area contributed by atoms with Crippen LogP contribution in [-0.2, 0) is 4.79 Å². The fourth-order valence-corrected chi connectivity index (χ4v) is 2.27. The predicted octanol–water partition coefficient (Wildman–Crippen LogP) is 1.31. The second-order valence-corrected chi connectivity index (χ2v) is 4.74. The van der Waals surface area contributed by atoms with Crippen LogP contribution in [0.3, 0.4) is 0 Å². The lowest BCUT2D eigenvalue weighted by molar-refractivity contribution is -0.144. The van der Waals surface area contributed by atoms with Gasteiger partial charge < -0.3 is 14.4 Å². The standard InChI is InChI=1S/C12H16N2O4/c1-7-3-4-14(9(5-7)12(16)17)11(15)10-8(2)18-6-13-10/h6-7,9H,3-5H2,1-2H3,(H,16,17). The molecule has 0 spiro atoms. The first-order chi connectivity index (χ1) is 8.50. The van der Waals surface area contributed by atoms with Gasteiger partial charge in [0.05, 0.1) is 0 Å². The smallest absolute Gasteiger partial charge is 0.326 e. The lowest BCUT2D eigenvalue weighted by atomic mass is 9.92. The lowest BCUT2D eigenvalue weighted by Crippen LogP contribution is -2.50. The van der Waals surface area contributed by atoms with Gasteiger partial charge in [0.2, 0.25) is 0 Å². The summed E-state index contributed by atoms with van der Waals surface area (Å²) in [6, 6.07) is -0.766. The van der Waals surface area contributed by atoms with Crippen molar-refractivity contribution < 1.29 is 19.1 Å². The zero-order valence-electron chi connectivity index (χ0n) is 10.4. The van der Waals surface area contributed by atoms with E-state index in [1.165, 1.54) is 11.3 Å². The van der Waals surface area contributed by atoms with Crippen molar-refractivity contribution in [2.75, 3.05) is 6.54 Å². The number of hydrogen-bond donors (Lipinski definition) is 1. The monoisotopic (exact) mass is 252 g/mol. The van der Waals surface area contributed by atoms with Crippen LogP contribution in [0.4, 0.5) is 0 Å². The van der Waals surface area contributed by atoms with Crippen molar-refractivity contribution in [1.29, 1.82) is 0 Å². The number of aromatic nitrogens is 1. The molecule has 0 radical (unpaired) electrons. The molecule has 6 heteroatoms. The second-order valence-electron chi connectivity index (χ2n) is 4.74.